The van der Waals surface area contributed by atoms with Crippen LogP contribution < -0.4 is 0 Å². The van der Waals surface area contributed by atoms with Gasteiger partial charge < -0.3 is 14.8 Å². The third-order valence-electron chi connectivity index (χ3n) is 6.19. The van der Waals surface area contributed by atoms with E-state index in [2.05, 4.69) is 6.07 Å². The molecule has 0 bridgehead atoms. The van der Waals surface area contributed by atoms with Crippen molar-refractivity contribution in [1.29, 1.82) is 0 Å². The third-order valence-corrected chi connectivity index (χ3v) is 6.66. The molecule has 34 heavy (non-hydrogen) atoms. The molecule has 0 saturated carbocycles. The molecule has 2 atom stereocenters. The first-order chi connectivity index (χ1) is 16.2. The minimum absolute atomic E-state index is 0.0816. The molecule has 0 radical (unpaired) electrons. The number of ketones is 1. The van der Waals surface area contributed by atoms with Crippen molar-refractivity contribution in [2.75, 3.05) is 0 Å². The number of hydrogen-bond acceptors (Lipinski definition) is 3. The highest BCUT2D eigenvalue weighted by Gasteiger charge is 2.27. The molecular weight excluding hydrogens is 473 g/mol. The molecule has 1 heterocycles. The molecule has 0 fully saturated rings. The minimum atomic E-state index is -0.931. The molecule has 0 aliphatic heterocycles. The maximum Gasteiger partial charge on any atom is 0.303 e. The molecule has 0 saturated heterocycles. The Morgan fingerprint density at radius 2 is 1.74 bits per heavy atom. The summed E-state index contributed by atoms with van der Waals surface area (Å²) in [4.78, 5) is 24.4. The van der Waals surface area contributed by atoms with E-state index in [0.29, 0.717) is 28.1 Å². The van der Waals surface area contributed by atoms with E-state index in [0.717, 1.165) is 36.2 Å². The van der Waals surface area contributed by atoms with Crippen LogP contribution in [0.4, 0.5) is 0 Å². The van der Waals surface area contributed by atoms with Crippen LogP contribution in [0.2, 0.25) is 10.0 Å². The van der Waals surface area contributed by atoms with Gasteiger partial charge in [0.1, 0.15) is 0 Å². The number of aryl methyl sites for hydroxylation is 2. The Morgan fingerprint density at radius 3 is 2.44 bits per heavy atom. The number of carboxylic acids is 1. The number of aromatic nitrogens is 1. The predicted octanol–water partition coefficient (Wildman–Crippen LogP) is 7.01. The Labute approximate surface area is 210 Å². The van der Waals surface area contributed by atoms with Crippen molar-refractivity contribution in [2.24, 2.45) is 13.0 Å². The van der Waals surface area contributed by atoms with Gasteiger partial charge in [0.05, 0.1) is 11.8 Å². The van der Waals surface area contributed by atoms with Crippen LogP contribution in [0, 0.1) is 5.92 Å². The van der Waals surface area contributed by atoms with Crippen molar-refractivity contribution in [2.45, 2.75) is 58.0 Å². The van der Waals surface area contributed by atoms with Gasteiger partial charge in [0.15, 0.2) is 5.78 Å². The molecule has 3 rings (SSSR count). The highest BCUT2D eigenvalue weighted by molar-refractivity contribution is 6.31. The van der Waals surface area contributed by atoms with Crippen molar-refractivity contribution < 1.29 is 19.8 Å². The lowest BCUT2D eigenvalue weighted by Gasteiger charge is -2.16. The van der Waals surface area contributed by atoms with E-state index in [1.54, 1.807) is 19.1 Å². The number of benzene rings is 2. The van der Waals surface area contributed by atoms with Gasteiger partial charge in [0.25, 0.3) is 0 Å². The zero-order chi connectivity index (χ0) is 24.8. The molecule has 1 aromatic heterocycles. The Balaban J connectivity index is 1.74. The maximum absolute atomic E-state index is 13.3. The van der Waals surface area contributed by atoms with Crippen LogP contribution in [0.25, 0.3) is 10.9 Å². The largest absolute Gasteiger partial charge is 0.481 e. The van der Waals surface area contributed by atoms with Crippen molar-refractivity contribution in [3.63, 3.8) is 0 Å². The summed E-state index contributed by atoms with van der Waals surface area (Å²) >= 11 is 12.3. The van der Waals surface area contributed by atoms with Gasteiger partial charge in [-0.15, -0.1) is 0 Å². The van der Waals surface area contributed by atoms with Crippen LogP contribution in [0.15, 0.2) is 42.5 Å². The molecule has 3 aromatic rings. The summed E-state index contributed by atoms with van der Waals surface area (Å²) in [5.41, 5.74) is 3.03. The molecule has 0 spiro atoms. The fraction of sp³-hybridized carbons (Fsp3) is 0.407. The number of aliphatic carboxylic acids is 1. The van der Waals surface area contributed by atoms with Gasteiger partial charge >= 0.3 is 5.97 Å². The average molecular weight is 504 g/mol. The number of carbonyl (C=O) groups is 2. The van der Waals surface area contributed by atoms with Crippen molar-refractivity contribution >= 4 is 45.9 Å². The van der Waals surface area contributed by atoms with Crippen molar-refractivity contribution in [3.8, 4) is 0 Å². The van der Waals surface area contributed by atoms with E-state index >= 15 is 0 Å². The topological polar surface area (TPSA) is 79.5 Å². The highest BCUT2D eigenvalue weighted by Crippen LogP contribution is 2.35. The second-order valence-corrected chi connectivity index (χ2v) is 9.93. The summed E-state index contributed by atoms with van der Waals surface area (Å²) in [6.07, 6.45) is 3.39. The maximum atomic E-state index is 13.3. The Bertz CT molecular complexity index is 1170. The van der Waals surface area contributed by atoms with Crippen molar-refractivity contribution in [3.05, 3.63) is 69.3 Å². The number of aliphatic hydroxyl groups is 1. The second-order valence-electron chi connectivity index (χ2n) is 9.06. The zero-order valence-electron chi connectivity index (χ0n) is 19.6. The molecule has 7 heteroatoms. The summed E-state index contributed by atoms with van der Waals surface area (Å²) < 4.78 is 1.86. The van der Waals surface area contributed by atoms with Crippen LogP contribution in [-0.2, 0) is 18.3 Å². The molecule has 1 unspecified atom stereocenters. The van der Waals surface area contributed by atoms with E-state index in [1.807, 2.05) is 35.9 Å². The van der Waals surface area contributed by atoms with Crippen LogP contribution in [0.1, 0.15) is 73.2 Å². The SMILES string of the molecule is C[C@H](CC(=O)O)CC(=O)c1c(C(O)CCCCCc2cccc(Cl)c2)n(C)c2ccc(Cl)cc12. The number of fused-ring (bicyclic) bond motifs is 1. The Kier molecular flexibility index (Phi) is 9.17. The molecule has 0 aliphatic rings. The monoisotopic (exact) mass is 503 g/mol. The zero-order valence-corrected chi connectivity index (χ0v) is 21.1. The van der Waals surface area contributed by atoms with E-state index in [1.165, 1.54) is 5.56 Å². The Morgan fingerprint density at radius 1 is 1.00 bits per heavy atom. The van der Waals surface area contributed by atoms with Gasteiger partial charge in [-0.25, -0.2) is 0 Å². The summed E-state index contributed by atoms with van der Waals surface area (Å²) in [6.45, 7) is 1.75. The first-order valence-electron chi connectivity index (χ1n) is 11.6. The molecule has 5 nitrogen and oxygen atoms in total. The molecule has 0 aliphatic carbocycles. The molecule has 0 amide bonds. The fourth-order valence-electron chi connectivity index (χ4n) is 4.58. The smallest absolute Gasteiger partial charge is 0.303 e. The van der Waals surface area contributed by atoms with Crippen LogP contribution in [0.3, 0.4) is 0 Å². The molecule has 182 valence electrons. The summed E-state index contributed by atoms with van der Waals surface area (Å²) in [5, 5.41) is 22.1. The van der Waals surface area contributed by atoms with E-state index in [9.17, 15) is 14.7 Å². The fourth-order valence-corrected chi connectivity index (χ4v) is 4.97. The number of Topliss-reactive ketones (excluding diaryl/α,β-unsaturated/α-hetero) is 1. The van der Waals surface area contributed by atoms with Gasteiger partial charge in [-0.3, -0.25) is 9.59 Å². The molecule has 2 aromatic carbocycles. The van der Waals surface area contributed by atoms with Crippen LogP contribution in [-0.4, -0.2) is 26.5 Å². The number of unbranched alkanes of at least 4 members (excludes halogenated alkanes) is 2. The third kappa shape index (κ3) is 6.62. The van der Waals surface area contributed by atoms with E-state index < -0.39 is 12.1 Å². The van der Waals surface area contributed by atoms with Gasteiger partial charge in [-0.1, -0.05) is 55.1 Å². The molecular formula is C27H31Cl2NO4. The number of nitrogens with zero attached hydrogens (tertiary/aromatic N) is 1. The average Bonchev–Trinajstić information content (AvgIpc) is 3.04. The minimum Gasteiger partial charge on any atom is -0.481 e. The number of rotatable bonds is 12. The van der Waals surface area contributed by atoms with Gasteiger partial charge in [0.2, 0.25) is 0 Å². The normalized spacial score (nSPS) is 13.2. The summed E-state index contributed by atoms with van der Waals surface area (Å²) in [7, 11) is 1.84. The number of carbonyl (C=O) groups excluding carboxylic acids is 1. The van der Waals surface area contributed by atoms with Gasteiger partial charge in [-0.05, 0) is 61.1 Å². The van der Waals surface area contributed by atoms with Gasteiger partial charge in [-0.2, -0.15) is 0 Å². The summed E-state index contributed by atoms with van der Waals surface area (Å²) in [6, 6.07) is 13.2. The second kappa shape index (κ2) is 11.9. The van der Waals surface area contributed by atoms with E-state index in [-0.39, 0.29) is 24.5 Å². The Hall–Kier alpha value is -2.34. The summed E-state index contributed by atoms with van der Waals surface area (Å²) in [5.74, 6) is -1.41. The van der Waals surface area contributed by atoms with Crippen molar-refractivity contribution in [1.82, 2.24) is 4.57 Å². The van der Waals surface area contributed by atoms with E-state index in [4.69, 9.17) is 28.3 Å². The number of halogens is 2. The quantitative estimate of drug-likeness (QED) is 0.206. The number of hydrogen-bond donors (Lipinski definition) is 2. The lowest BCUT2D eigenvalue weighted by atomic mass is 9.93. The van der Waals surface area contributed by atoms with Crippen LogP contribution >= 0.6 is 23.2 Å². The lowest BCUT2D eigenvalue weighted by molar-refractivity contribution is -0.137. The van der Waals surface area contributed by atoms with Crippen LogP contribution in [0.5, 0.6) is 0 Å². The highest BCUT2D eigenvalue weighted by atomic mass is 35.5. The standard InChI is InChI=1S/C27H31Cl2NO4/c1-17(14-25(33)34)13-24(32)26-21-16-20(29)11-12-22(21)30(2)27(26)23(31)10-5-3-4-7-18-8-6-9-19(28)15-18/h6,8-9,11-12,15-17,23,31H,3-5,7,10,13-14H2,1-2H3,(H,33,34)/t17-,23?/m0/s1. The lowest BCUT2D eigenvalue weighted by Crippen LogP contribution is -2.14. The predicted molar refractivity (Wildman–Crippen MR) is 137 cm³/mol. The number of carboxylic acid groups (broad SMARTS) is 1. The first kappa shape index (κ1) is 26.3. The number of aliphatic hydroxyl groups excluding tert-OH is 1. The first-order valence-corrected chi connectivity index (χ1v) is 12.4. The van der Waals surface area contributed by atoms with Gasteiger partial charge in [0, 0.05) is 46.4 Å². The molecule has 2 N–H and O–H groups in total.